The molecule has 1 atom stereocenters. The average Bonchev–Trinajstić information content (AvgIpc) is 2.99. The summed E-state index contributed by atoms with van der Waals surface area (Å²) in [5.74, 6) is -0.0446. The normalized spacial score (nSPS) is 18.8. The predicted octanol–water partition coefficient (Wildman–Crippen LogP) is 3.39. The first kappa shape index (κ1) is 20.3. The Kier molecular flexibility index (Phi) is 6.21. The maximum atomic E-state index is 13.0. The molecular formula is C21H30N2O3S. The highest BCUT2D eigenvalue weighted by Crippen LogP contribution is 2.39. The number of amides is 1. The summed E-state index contributed by atoms with van der Waals surface area (Å²) in [5, 5.41) is 10.3. The van der Waals surface area contributed by atoms with Crippen LogP contribution < -0.4 is 0 Å². The third kappa shape index (κ3) is 4.69. The van der Waals surface area contributed by atoms with Crippen LogP contribution in [0.1, 0.15) is 42.1 Å². The highest BCUT2D eigenvalue weighted by atomic mass is 32.1. The first-order chi connectivity index (χ1) is 12.8. The van der Waals surface area contributed by atoms with Crippen molar-refractivity contribution in [3.05, 3.63) is 34.7 Å². The van der Waals surface area contributed by atoms with Crippen LogP contribution in [0.2, 0.25) is 0 Å². The maximum absolute atomic E-state index is 13.0. The van der Waals surface area contributed by atoms with E-state index in [1.807, 2.05) is 12.1 Å². The number of thiophene rings is 1. The van der Waals surface area contributed by atoms with Gasteiger partial charge in [-0.1, -0.05) is 39.0 Å². The third-order valence-electron chi connectivity index (χ3n) is 4.78. The van der Waals surface area contributed by atoms with Crippen LogP contribution in [-0.2, 0) is 4.74 Å². The Bertz CT molecular complexity index is 796. The third-order valence-corrected chi connectivity index (χ3v) is 5.96. The number of likely N-dealkylation sites (N-methyl/N-ethyl adjacent to an activating group) is 1. The van der Waals surface area contributed by atoms with E-state index in [9.17, 15) is 9.90 Å². The van der Waals surface area contributed by atoms with Crippen molar-refractivity contribution in [2.24, 2.45) is 5.41 Å². The molecule has 1 amide bonds. The van der Waals surface area contributed by atoms with E-state index in [4.69, 9.17) is 4.74 Å². The number of morpholine rings is 1. The van der Waals surface area contributed by atoms with Gasteiger partial charge in [-0.2, -0.15) is 0 Å². The molecule has 1 N–H and O–H groups in total. The van der Waals surface area contributed by atoms with Gasteiger partial charge in [-0.15, -0.1) is 11.3 Å². The van der Waals surface area contributed by atoms with Gasteiger partial charge in [0.1, 0.15) is 0 Å². The van der Waals surface area contributed by atoms with Gasteiger partial charge in [0.15, 0.2) is 0 Å². The summed E-state index contributed by atoms with van der Waals surface area (Å²) in [6.07, 6.45) is -0.112. The van der Waals surface area contributed by atoms with Gasteiger partial charge in [0.05, 0.1) is 24.2 Å². The monoisotopic (exact) mass is 390 g/mol. The Labute approximate surface area is 165 Å². The number of carbonyl (C=O) groups is 1. The maximum Gasteiger partial charge on any atom is 0.264 e. The van der Waals surface area contributed by atoms with Crippen LogP contribution in [0.25, 0.3) is 10.1 Å². The number of aliphatic hydroxyl groups is 1. The number of fused-ring (bicyclic) bond motifs is 1. The SMILES string of the molecule is CN(CCO)C(=O)c1sc2ccccc2c1C1CN(CC(C)(C)C)CCO1. The lowest BCUT2D eigenvalue weighted by molar-refractivity contribution is -0.0383. The molecule has 1 aliphatic heterocycles. The largest absolute Gasteiger partial charge is 0.395 e. The zero-order valence-electron chi connectivity index (χ0n) is 16.7. The first-order valence-electron chi connectivity index (χ1n) is 9.52. The Morgan fingerprint density at radius 2 is 2.11 bits per heavy atom. The van der Waals surface area contributed by atoms with Crippen LogP contribution in [0.15, 0.2) is 24.3 Å². The number of nitrogens with zero attached hydrogens (tertiary/aromatic N) is 2. The zero-order chi connectivity index (χ0) is 19.6. The molecule has 27 heavy (non-hydrogen) atoms. The molecule has 1 unspecified atom stereocenters. The van der Waals surface area contributed by atoms with E-state index in [1.54, 1.807) is 11.9 Å². The zero-order valence-corrected chi connectivity index (χ0v) is 17.5. The lowest BCUT2D eigenvalue weighted by Gasteiger charge is -2.37. The van der Waals surface area contributed by atoms with Crippen molar-refractivity contribution in [2.75, 3.05) is 46.4 Å². The minimum Gasteiger partial charge on any atom is -0.395 e. The number of ether oxygens (including phenoxy) is 1. The quantitative estimate of drug-likeness (QED) is 0.850. The second kappa shape index (κ2) is 8.27. The number of carbonyl (C=O) groups excluding carboxylic acids is 1. The second-order valence-electron chi connectivity index (χ2n) is 8.45. The van der Waals surface area contributed by atoms with Crippen molar-refractivity contribution in [1.29, 1.82) is 0 Å². The molecule has 2 aromatic rings. The molecular weight excluding hydrogens is 360 g/mol. The molecule has 0 radical (unpaired) electrons. The van der Waals surface area contributed by atoms with Gasteiger partial charge in [-0.3, -0.25) is 9.69 Å². The molecule has 1 aliphatic rings. The van der Waals surface area contributed by atoms with Crippen molar-refractivity contribution in [3.8, 4) is 0 Å². The molecule has 6 heteroatoms. The summed E-state index contributed by atoms with van der Waals surface area (Å²) < 4.78 is 7.25. The molecule has 0 saturated carbocycles. The van der Waals surface area contributed by atoms with Gasteiger partial charge >= 0.3 is 0 Å². The van der Waals surface area contributed by atoms with Gasteiger partial charge in [0, 0.05) is 43.5 Å². The molecule has 0 bridgehead atoms. The van der Waals surface area contributed by atoms with E-state index in [0.29, 0.717) is 13.2 Å². The lowest BCUT2D eigenvalue weighted by Crippen LogP contribution is -2.42. The van der Waals surface area contributed by atoms with Gasteiger partial charge in [0.2, 0.25) is 0 Å². The average molecular weight is 391 g/mol. The summed E-state index contributed by atoms with van der Waals surface area (Å²) in [7, 11) is 1.74. The van der Waals surface area contributed by atoms with E-state index in [-0.39, 0.29) is 24.0 Å². The smallest absolute Gasteiger partial charge is 0.264 e. The van der Waals surface area contributed by atoms with E-state index < -0.39 is 0 Å². The van der Waals surface area contributed by atoms with E-state index >= 15 is 0 Å². The van der Waals surface area contributed by atoms with Crippen molar-refractivity contribution in [2.45, 2.75) is 26.9 Å². The Hall–Kier alpha value is -1.47. The van der Waals surface area contributed by atoms with E-state index in [2.05, 4.69) is 37.8 Å². The van der Waals surface area contributed by atoms with Crippen LogP contribution in [0.4, 0.5) is 0 Å². The number of rotatable bonds is 5. The van der Waals surface area contributed by atoms with Crippen LogP contribution in [0, 0.1) is 5.41 Å². The first-order valence-corrected chi connectivity index (χ1v) is 10.3. The van der Waals surface area contributed by atoms with Crippen LogP contribution in [0.3, 0.4) is 0 Å². The van der Waals surface area contributed by atoms with Crippen molar-refractivity contribution < 1.29 is 14.6 Å². The molecule has 0 aliphatic carbocycles. The Balaban J connectivity index is 1.96. The molecule has 1 aromatic carbocycles. The fraction of sp³-hybridized carbons (Fsp3) is 0.571. The molecule has 148 valence electrons. The topological polar surface area (TPSA) is 53.0 Å². The molecule has 5 nitrogen and oxygen atoms in total. The summed E-state index contributed by atoms with van der Waals surface area (Å²) in [6, 6.07) is 8.15. The molecule has 2 heterocycles. The van der Waals surface area contributed by atoms with E-state index in [1.165, 1.54) is 11.3 Å². The summed E-state index contributed by atoms with van der Waals surface area (Å²) in [5.41, 5.74) is 1.22. The summed E-state index contributed by atoms with van der Waals surface area (Å²) >= 11 is 1.52. The van der Waals surface area contributed by atoms with E-state index in [0.717, 1.165) is 40.2 Å². The minimum atomic E-state index is -0.112. The summed E-state index contributed by atoms with van der Waals surface area (Å²) in [6.45, 7) is 10.4. The lowest BCUT2D eigenvalue weighted by atomic mass is 9.95. The van der Waals surface area contributed by atoms with Gasteiger partial charge in [0.25, 0.3) is 5.91 Å². The van der Waals surface area contributed by atoms with Crippen molar-refractivity contribution in [3.63, 3.8) is 0 Å². The molecule has 0 spiro atoms. The second-order valence-corrected chi connectivity index (χ2v) is 9.50. The fourth-order valence-corrected chi connectivity index (χ4v) is 4.91. The van der Waals surface area contributed by atoms with Crippen LogP contribution in [0.5, 0.6) is 0 Å². The minimum absolute atomic E-state index is 0.0399. The predicted molar refractivity (Wildman–Crippen MR) is 110 cm³/mol. The summed E-state index contributed by atoms with van der Waals surface area (Å²) in [4.78, 5) is 17.8. The van der Waals surface area contributed by atoms with Crippen molar-refractivity contribution in [1.82, 2.24) is 9.80 Å². The molecule has 1 fully saturated rings. The fourth-order valence-electron chi connectivity index (χ4n) is 3.66. The van der Waals surface area contributed by atoms with Gasteiger partial charge in [-0.25, -0.2) is 0 Å². The number of benzene rings is 1. The van der Waals surface area contributed by atoms with Crippen molar-refractivity contribution >= 4 is 27.3 Å². The standard InChI is InChI=1S/C21H30N2O3S/c1-21(2,3)14-23-10-12-26-16(13-23)18-15-7-5-6-8-17(15)27-19(18)20(25)22(4)9-11-24/h5-8,16,24H,9-14H2,1-4H3. The Morgan fingerprint density at radius 1 is 1.37 bits per heavy atom. The van der Waals surface area contributed by atoms with Crippen LogP contribution >= 0.6 is 11.3 Å². The number of hydrogen-bond acceptors (Lipinski definition) is 5. The highest BCUT2D eigenvalue weighted by Gasteiger charge is 2.31. The Morgan fingerprint density at radius 3 is 2.81 bits per heavy atom. The van der Waals surface area contributed by atoms with Crippen LogP contribution in [-0.4, -0.2) is 67.3 Å². The van der Waals surface area contributed by atoms with Gasteiger partial charge < -0.3 is 14.7 Å². The molecule has 1 aromatic heterocycles. The molecule has 1 saturated heterocycles. The molecule has 3 rings (SSSR count). The number of hydrogen-bond donors (Lipinski definition) is 1. The number of aliphatic hydroxyl groups excluding tert-OH is 1. The van der Waals surface area contributed by atoms with Gasteiger partial charge in [-0.05, 0) is 16.9 Å². The highest BCUT2D eigenvalue weighted by molar-refractivity contribution is 7.21.